The van der Waals surface area contributed by atoms with Crippen LogP contribution in [0.4, 0.5) is 0 Å². The van der Waals surface area contributed by atoms with E-state index >= 15 is 0 Å². The number of rotatable bonds is 2. The molecule has 0 radical (unpaired) electrons. The minimum absolute atomic E-state index is 0.115. The molecule has 64 valence electrons. The molecule has 0 atom stereocenters. The summed E-state index contributed by atoms with van der Waals surface area (Å²) in [6.07, 6.45) is 1.38. The molecule has 1 heterocycles. The minimum Gasteiger partial charge on any atom is -0.317 e. The summed E-state index contributed by atoms with van der Waals surface area (Å²) in [5.74, 6) is 0.115. The van der Waals surface area contributed by atoms with Gasteiger partial charge in [0.1, 0.15) is 0 Å². The average Bonchev–Trinajstić information content (AvgIpc) is 2.18. The van der Waals surface area contributed by atoms with E-state index in [4.69, 9.17) is 4.89 Å². The molecule has 0 spiro atoms. The van der Waals surface area contributed by atoms with Crippen molar-refractivity contribution in [1.82, 2.24) is 4.90 Å². The fourth-order valence-corrected chi connectivity index (χ4v) is 0.978. The lowest BCUT2D eigenvalue weighted by atomic mass is 10.3. The van der Waals surface area contributed by atoms with Crippen LogP contribution in [0.1, 0.15) is 19.8 Å². The topological polar surface area (TPSA) is 38.8 Å². The Morgan fingerprint density at radius 1 is 1.55 bits per heavy atom. The van der Waals surface area contributed by atoms with Crippen molar-refractivity contribution in [2.45, 2.75) is 19.8 Å². The highest BCUT2D eigenvalue weighted by Gasteiger charge is 2.15. The maximum Gasteiger partial charge on any atom is 0.226 e. The molecule has 1 aliphatic heterocycles. The Hall–Kier alpha value is -0.610. The molecular weight excluding hydrogens is 146 g/mol. The Balaban J connectivity index is 2.39. The van der Waals surface area contributed by atoms with E-state index in [0.29, 0.717) is 13.0 Å². The second-order valence-electron chi connectivity index (χ2n) is 2.48. The first kappa shape index (κ1) is 8.49. The number of hydrogen-bond acceptors (Lipinski definition) is 3. The third-order valence-corrected chi connectivity index (χ3v) is 1.54. The molecule has 0 unspecified atom stereocenters. The molecule has 0 aromatic rings. The molecule has 1 fully saturated rings. The van der Waals surface area contributed by atoms with Gasteiger partial charge in [0.25, 0.3) is 0 Å². The van der Waals surface area contributed by atoms with E-state index in [0.717, 1.165) is 13.0 Å². The normalized spacial score (nSPS) is 20.1. The van der Waals surface area contributed by atoms with Gasteiger partial charge < -0.3 is 4.90 Å². The Morgan fingerprint density at radius 2 is 2.36 bits per heavy atom. The summed E-state index contributed by atoms with van der Waals surface area (Å²) < 4.78 is 0. The van der Waals surface area contributed by atoms with Crippen LogP contribution in [0, 0.1) is 0 Å². The number of carbonyl (C=O) groups excluding carboxylic acids is 1. The second-order valence-corrected chi connectivity index (χ2v) is 2.48. The third-order valence-electron chi connectivity index (χ3n) is 1.54. The predicted molar refractivity (Wildman–Crippen MR) is 38.5 cm³/mol. The van der Waals surface area contributed by atoms with Crippen LogP contribution in [0.2, 0.25) is 0 Å². The van der Waals surface area contributed by atoms with Crippen LogP contribution in [0.5, 0.6) is 0 Å². The van der Waals surface area contributed by atoms with Crippen molar-refractivity contribution < 1.29 is 14.6 Å². The van der Waals surface area contributed by atoms with E-state index in [2.05, 4.69) is 4.89 Å². The molecule has 11 heavy (non-hydrogen) atoms. The monoisotopic (exact) mass is 159 g/mol. The zero-order chi connectivity index (χ0) is 8.10. The molecule has 1 saturated heterocycles. The van der Waals surface area contributed by atoms with E-state index in [9.17, 15) is 4.79 Å². The molecule has 1 amide bonds. The summed E-state index contributed by atoms with van der Waals surface area (Å²) >= 11 is 0. The van der Waals surface area contributed by atoms with Gasteiger partial charge in [-0.05, 0) is 6.42 Å². The first-order valence-electron chi connectivity index (χ1n) is 3.86. The van der Waals surface area contributed by atoms with Crippen LogP contribution >= 0.6 is 0 Å². The molecule has 0 aliphatic carbocycles. The van der Waals surface area contributed by atoms with Gasteiger partial charge in [-0.1, -0.05) is 6.92 Å². The van der Waals surface area contributed by atoms with Crippen LogP contribution in [-0.2, 0) is 14.6 Å². The fourth-order valence-electron chi connectivity index (χ4n) is 0.978. The molecular formula is C7H13NO3. The van der Waals surface area contributed by atoms with E-state index < -0.39 is 0 Å². The van der Waals surface area contributed by atoms with Crippen molar-refractivity contribution in [1.29, 1.82) is 0 Å². The molecule has 0 bridgehead atoms. The van der Waals surface area contributed by atoms with Crippen molar-refractivity contribution >= 4 is 5.91 Å². The van der Waals surface area contributed by atoms with Gasteiger partial charge >= 0.3 is 0 Å². The van der Waals surface area contributed by atoms with Gasteiger partial charge in [0.15, 0.2) is 6.73 Å². The van der Waals surface area contributed by atoms with E-state index in [1.54, 1.807) is 4.90 Å². The van der Waals surface area contributed by atoms with Gasteiger partial charge in [0.05, 0.1) is 13.0 Å². The highest BCUT2D eigenvalue weighted by Crippen LogP contribution is 2.02. The number of hydrogen-bond donors (Lipinski definition) is 0. The van der Waals surface area contributed by atoms with E-state index in [1.165, 1.54) is 0 Å². The summed E-state index contributed by atoms with van der Waals surface area (Å²) in [6.45, 7) is 3.42. The molecule has 1 rings (SSSR count). The quantitative estimate of drug-likeness (QED) is 0.552. The van der Waals surface area contributed by atoms with Crippen LogP contribution < -0.4 is 0 Å². The summed E-state index contributed by atoms with van der Waals surface area (Å²) in [5.41, 5.74) is 0. The first-order valence-corrected chi connectivity index (χ1v) is 3.86. The summed E-state index contributed by atoms with van der Waals surface area (Å²) in [7, 11) is 0. The van der Waals surface area contributed by atoms with Crippen molar-refractivity contribution in [3.05, 3.63) is 0 Å². The third kappa shape index (κ3) is 2.48. The van der Waals surface area contributed by atoms with Gasteiger partial charge in [-0.15, -0.1) is 0 Å². The minimum atomic E-state index is 0.115. The van der Waals surface area contributed by atoms with Crippen molar-refractivity contribution in [3.63, 3.8) is 0 Å². The lowest BCUT2D eigenvalue weighted by Crippen LogP contribution is -2.31. The molecule has 0 aromatic carbocycles. The molecule has 4 heteroatoms. The first-order chi connectivity index (χ1) is 5.34. The van der Waals surface area contributed by atoms with Crippen LogP contribution in [0.25, 0.3) is 0 Å². The van der Waals surface area contributed by atoms with Crippen molar-refractivity contribution in [2.24, 2.45) is 0 Å². The second kappa shape index (κ2) is 4.31. The summed E-state index contributed by atoms with van der Waals surface area (Å²) in [6, 6.07) is 0. The largest absolute Gasteiger partial charge is 0.317 e. The number of nitrogens with zero attached hydrogens (tertiary/aromatic N) is 1. The van der Waals surface area contributed by atoms with E-state index in [-0.39, 0.29) is 12.6 Å². The average molecular weight is 159 g/mol. The SMILES string of the molecule is CCCN1COOCCC1=O. The zero-order valence-electron chi connectivity index (χ0n) is 6.71. The highest BCUT2D eigenvalue weighted by atomic mass is 17.2. The maximum absolute atomic E-state index is 11.2. The molecule has 0 aromatic heterocycles. The molecule has 0 saturated carbocycles. The van der Waals surface area contributed by atoms with Gasteiger partial charge in [0.2, 0.25) is 5.91 Å². The van der Waals surface area contributed by atoms with Crippen LogP contribution in [-0.4, -0.2) is 30.7 Å². The molecule has 4 nitrogen and oxygen atoms in total. The van der Waals surface area contributed by atoms with E-state index in [1.807, 2.05) is 6.92 Å². The smallest absolute Gasteiger partial charge is 0.226 e. The lowest BCUT2D eigenvalue weighted by Gasteiger charge is -2.16. The lowest BCUT2D eigenvalue weighted by molar-refractivity contribution is -0.302. The van der Waals surface area contributed by atoms with Crippen LogP contribution in [0.3, 0.4) is 0 Å². The molecule has 1 aliphatic rings. The predicted octanol–water partition coefficient (Wildman–Crippen LogP) is 0.534. The number of amides is 1. The van der Waals surface area contributed by atoms with Gasteiger partial charge in [-0.25, -0.2) is 9.78 Å². The Morgan fingerprint density at radius 3 is 3.09 bits per heavy atom. The highest BCUT2D eigenvalue weighted by molar-refractivity contribution is 5.76. The Bertz CT molecular complexity index is 138. The Kier molecular flexibility index (Phi) is 3.32. The maximum atomic E-state index is 11.2. The van der Waals surface area contributed by atoms with Crippen molar-refractivity contribution in [2.75, 3.05) is 19.9 Å². The zero-order valence-corrected chi connectivity index (χ0v) is 6.71. The summed E-state index contributed by atoms with van der Waals surface area (Å²) in [4.78, 5) is 22.2. The van der Waals surface area contributed by atoms with Gasteiger partial charge in [-0.2, -0.15) is 0 Å². The Labute approximate surface area is 66.0 Å². The van der Waals surface area contributed by atoms with Gasteiger partial charge in [0, 0.05) is 6.54 Å². The fraction of sp³-hybridized carbons (Fsp3) is 0.857. The van der Waals surface area contributed by atoms with Gasteiger partial charge in [-0.3, -0.25) is 4.79 Å². The molecule has 0 N–H and O–H groups in total. The van der Waals surface area contributed by atoms with Crippen molar-refractivity contribution in [3.8, 4) is 0 Å². The number of carbonyl (C=O) groups is 1. The summed E-state index contributed by atoms with van der Waals surface area (Å²) in [5, 5.41) is 0. The van der Waals surface area contributed by atoms with Crippen LogP contribution in [0.15, 0.2) is 0 Å². The standard InChI is InChI=1S/C7H13NO3/c1-2-4-8-6-11-10-5-3-7(8)9/h2-6H2,1H3.